The van der Waals surface area contributed by atoms with Gasteiger partial charge in [0.05, 0.1) is 13.2 Å². The highest BCUT2D eigenvalue weighted by Crippen LogP contribution is 2.32. The zero-order valence-electron chi connectivity index (χ0n) is 12.8. The van der Waals surface area contributed by atoms with Gasteiger partial charge in [-0.3, -0.25) is 0 Å². The van der Waals surface area contributed by atoms with Gasteiger partial charge in [-0.2, -0.15) is 0 Å². The largest absolute Gasteiger partial charge is 0.490 e. The monoisotopic (exact) mass is 286 g/mol. The van der Waals surface area contributed by atoms with E-state index in [9.17, 15) is 0 Å². The molecule has 4 heteroatoms. The molecule has 2 aromatic rings. The zero-order chi connectivity index (χ0) is 15.2. The maximum Gasteiger partial charge on any atom is 0.163 e. The minimum Gasteiger partial charge on any atom is -0.490 e. The summed E-state index contributed by atoms with van der Waals surface area (Å²) >= 11 is 0. The summed E-state index contributed by atoms with van der Waals surface area (Å²) in [5.74, 6) is 1.51. The van der Waals surface area contributed by atoms with Gasteiger partial charge in [-0.25, -0.2) is 0 Å². The van der Waals surface area contributed by atoms with Crippen molar-refractivity contribution in [1.29, 1.82) is 0 Å². The number of nitrogen functional groups attached to an aromatic ring is 1. The number of benzene rings is 2. The molecule has 0 saturated carbocycles. The van der Waals surface area contributed by atoms with E-state index in [1.54, 1.807) is 0 Å². The average molecular weight is 286 g/mol. The van der Waals surface area contributed by atoms with Crippen LogP contribution in [0.3, 0.4) is 0 Å². The van der Waals surface area contributed by atoms with Crippen molar-refractivity contribution in [3.05, 3.63) is 42.0 Å². The van der Waals surface area contributed by atoms with Gasteiger partial charge in [0.1, 0.15) is 0 Å². The van der Waals surface area contributed by atoms with Gasteiger partial charge in [-0.05, 0) is 56.7 Å². The first-order chi connectivity index (χ1) is 10.1. The topological polar surface area (TPSA) is 56.5 Å². The van der Waals surface area contributed by atoms with E-state index in [1.165, 1.54) is 0 Å². The lowest BCUT2D eigenvalue weighted by molar-refractivity contribution is 0.288. The minimum atomic E-state index is 0.602. The average Bonchev–Trinajstić information content (AvgIpc) is 2.46. The highest BCUT2D eigenvalue weighted by atomic mass is 16.5. The molecule has 0 spiro atoms. The molecular weight excluding hydrogens is 264 g/mol. The van der Waals surface area contributed by atoms with Gasteiger partial charge in [-0.15, -0.1) is 0 Å². The molecule has 0 aliphatic rings. The molecule has 0 radical (unpaired) electrons. The lowest BCUT2D eigenvalue weighted by Gasteiger charge is -2.14. The van der Waals surface area contributed by atoms with Crippen molar-refractivity contribution in [2.45, 2.75) is 20.8 Å². The molecule has 3 N–H and O–H groups in total. The lowest BCUT2D eigenvalue weighted by atomic mass is 10.1. The number of ether oxygens (including phenoxy) is 2. The van der Waals surface area contributed by atoms with E-state index in [0.29, 0.717) is 13.2 Å². The highest BCUT2D eigenvalue weighted by molar-refractivity contribution is 5.66. The minimum absolute atomic E-state index is 0.602. The van der Waals surface area contributed by atoms with Gasteiger partial charge in [-0.1, -0.05) is 0 Å². The van der Waals surface area contributed by atoms with Crippen molar-refractivity contribution in [2.75, 3.05) is 24.3 Å². The summed E-state index contributed by atoms with van der Waals surface area (Å²) in [5.41, 5.74) is 9.62. The van der Waals surface area contributed by atoms with Crippen molar-refractivity contribution in [2.24, 2.45) is 0 Å². The molecule has 0 heterocycles. The summed E-state index contributed by atoms with van der Waals surface area (Å²) in [7, 11) is 0. The Morgan fingerprint density at radius 3 is 2.19 bits per heavy atom. The fourth-order valence-corrected chi connectivity index (χ4v) is 2.05. The van der Waals surface area contributed by atoms with E-state index in [0.717, 1.165) is 34.1 Å². The Labute approximate surface area is 125 Å². The highest BCUT2D eigenvalue weighted by Gasteiger charge is 2.06. The first-order valence-electron chi connectivity index (χ1n) is 7.16. The molecule has 2 aromatic carbocycles. The Morgan fingerprint density at radius 2 is 1.52 bits per heavy atom. The zero-order valence-corrected chi connectivity index (χ0v) is 12.8. The van der Waals surface area contributed by atoms with Crippen LogP contribution in [0.15, 0.2) is 36.4 Å². The number of anilines is 3. The number of nitrogens with two attached hydrogens (primary N) is 1. The fourth-order valence-electron chi connectivity index (χ4n) is 2.05. The summed E-state index contributed by atoms with van der Waals surface area (Å²) in [5, 5.41) is 3.35. The molecule has 0 atom stereocenters. The van der Waals surface area contributed by atoms with E-state index in [1.807, 2.05) is 57.2 Å². The van der Waals surface area contributed by atoms with Crippen molar-refractivity contribution < 1.29 is 9.47 Å². The first-order valence-corrected chi connectivity index (χ1v) is 7.16. The summed E-state index contributed by atoms with van der Waals surface area (Å²) in [6.45, 7) is 7.12. The molecule has 112 valence electrons. The molecule has 2 rings (SSSR count). The van der Waals surface area contributed by atoms with E-state index in [2.05, 4.69) is 5.32 Å². The second kappa shape index (κ2) is 6.88. The third-order valence-corrected chi connectivity index (χ3v) is 3.10. The molecule has 21 heavy (non-hydrogen) atoms. The van der Waals surface area contributed by atoms with E-state index >= 15 is 0 Å². The number of aryl methyl sites for hydroxylation is 1. The standard InChI is InChI=1S/C17H22N2O2/c1-4-20-16-9-7-14(11-17(16)21-5-2)19-13-6-8-15(18)12(3)10-13/h6-11,19H,4-5,18H2,1-3H3. The van der Waals surface area contributed by atoms with Crippen LogP contribution in [0.25, 0.3) is 0 Å². The second-order valence-corrected chi connectivity index (χ2v) is 4.72. The van der Waals surface area contributed by atoms with E-state index < -0.39 is 0 Å². The predicted molar refractivity (Wildman–Crippen MR) is 87.7 cm³/mol. The summed E-state index contributed by atoms with van der Waals surface area (Å²) in [6.07, 6.45) is 0. The Hall–Kier alpha value is -2.36. The van der Waals surface area contributed by atoms with Crippen molar-refractivity contribution >= 4 is 17.1 Å². The van der Waals surface area contributed by atoms with Crippen LogP contribution in [-0.4, -0.2) is 13.2 Å². The van der Waals surface area contributed by atoms with Crippen molar-refractivity contribution in [3.63, 3.8) is 0 Å². The van der Waals surface area contributed by atoms with Crippen LogP contribution in [0.5, 0.6) is 11.5 Å². The Morgan fingerprint density at radius 1 is 0.905 bits per heavy atom. The Balaban J connectivity index is 2.23. The van der Waals surface area contributed by atoms with Gasteiger partial charge < -0.3 is 20.5 Å². The summed E-state index contributed by atoms with van der Waals surface area (Å²) in [6, 6.07) is 11.7. The van der Waals surface area contributed by atoms with Crippen LogP contribution in [0.2, 0.25) is 0 Å². The van der Waals surface area contributed by atoms with Crippen molar-refractivity contribution in [3.8, 4) is 11.5 Å². The van der Waals surface area contributed by atoms with E-state index in [-0.39, 0.29) is 0 Å². The number of rotatable bonds is 6. The molecule has 0 bridgehead atoms. The first kappa shape index (κ1) is 15.0. The van der Waals surface area contributed by atoms with E-state index in [4.69, 9.17) is 15.2 Å². The molecule has 0 amide bonds. The lowest BCUT2D eigenvalue weighted by Crippen LogP contribution is -2.00. The molecule has 0 aromatic heterocycles. The Kier molecular flexibility index (Phi) is 4.93. The number of nitrogens with one attached hydrogen (secondary N) is 1. The van der Waals surface area contributed by atoms with Crippen LogP contribution in [0, 0.1) is 6.92 Å². The third kappa shape index (κ3) is 3.81. The van der Waals surface area contributed by atoms with Gasteiger partial charge in [0, 0.05) is 23.1 Å². The normalized spacial score (nSPS) is 10.2. The quantitative estimate of drug-likeness (QED) is 0.784. The second-order valence-electron chi connectivity index (χ2n) is 4.72. The van der Waals surface area contributed by atoms with Crippen LogP contribution in [0.1, 0.15) is 19.4 Å². The van der Waals surface area contributed by atoms with Gasteiger partial charge in [0.25, 0.3) is 0 Å². The molecule has 0 saturated heterocycles. The van der Waals surface area contributed by atoms with Gasteiger partial charge in [0.2, 0.25) is 0 Å². The van der Waals surface area contributed by atoms with Crippen LogP contribution in [-0.2, 0) is 0 Å². The Bertz CT molecular complexity index is 612. The SMILES string of the molecule is CCOc1ccc(Nc2ccc(N)c(C)c2)cc1OCC. The molecule has 0 fully saturated rings. The summed E-state index contributed by atoms with van der Waals surface area (Å²) in [4.78, 5) is 0. The van der Waals surface area contributed by atoms with Gasteiger partial charge >= 0.3 is 0 Å². The third-order valence-electron chi connectivity index (χ3n) is 3.10. The molecule has 0 aliphatic carbocycles. The maximum absolute atomic E-state index is 5.83. The smallest absolute Gasteiger partial charge is 0.163 e. The van der Waals surface area contributed by atoms with Crippen LogP contribution in [0.4, 0.5) is 17.1 Å². The maximum atomic E-state index is 5.83. The predicted octanol–water partition coefficient (Wildman–Crippen LogP) is 4.12. The van der Waals surface area contributed by atoms with Crippen LogP contribution < -0.4 is 20.5 Å². The fraction of sp³-hybridized carbons (Fsp3) is 0.294. The molecule has 0 aliphatic heterocycles. The molecular formula is C17H22N2O2. The summed E-state index contributed by atoms with van der Waals surface area (Å²) < 4.78 is 11.2. The molecule has 0 unspecified atom stereocenters. The number of hydrogen-bond acceptors (Lipinski definition) is 4. The van der Waals surface area contributed by atoms with Crippen molar-refractivity contribution in [1.82, 2.24) is 0 Å². The number of hydrogen-bond donors (Lipinski definition) is 2. The molecule has 4 nitrogen and oxygen atoms in total. The van der Waals surface area contributed by atoms with Gasteiger partial charge in [0.15, 0.2) is 11.5 Å². The van der Waals surface area contributed by atoms with Crippen LogP contribution >= 0.6 is 0 Å².